The quantitative estimate of drug-likeness (QED) is 0.485. The maximum atomic E-state index is 11.3. The smallest absolute Gasteiger partial charge is 0.338 e. The van der Waals surface area contributed by atoms with Gasteiger partial charge in [-0.2, -0.15) is 0 Å². The molecule has 0 aliphatic heterocycles. The Labute approximate surface area is 100 Å². The summed E-state index contributed by atoms with van der Waals surface area (Å²) in [7, 11) is 0. The van der Waals surface area contributed by atoms with Crippen LogP contribution in [0.4, 0.5) is 0 Å². The molecule has 0 spiro atoms. The van der Waals surface area contributed by atoms with Crippen LogP contribution in [0.5, 0.6) is 17.2 Å². The Bertz CT molecular complexity index is 423. The van der Waals surface area contributed by atoms with Crippen molar-refractivity contribution in [2.45, 2.75) is 20.3 Å². The minimum Gasteiger partial charge on any atom is -0.504 e. The second-order valence-electron chi connectivity index (χ2n) is 3.65. The highest BCUT2D eigenvalue weighted by molar-refractivity contribution is 5.88. The monoisotopic (exact) mass is 236 g/mol. The van der Waals surface area contributed by atoms with Gasteiger partial charge in [-0.25, -0.2) is 4.79 Å². The van der Waals surface area contributed by atoms with E-state index in [0.717, 1.165) is 6.42 Å². The lowest BCUT2D eigenvalue weighted by Crippen LogP contribution is -2.08. The lowest BCUT2D eigenvalue weighted by Gasteiger charge is -2.09. The standard InChI is InChI=1S/C13H16O4/c1-4-7-16-12-8-10(5-6-11(12)14)17-13(15)9(2)3/h5-6,8,14H,2,4,7H2,1,3H3. The molecule has 92 valence electrons. The first-order chi connectivity index (χ1) is 8.04. The summed E-state index contributed by atoms with van der Waals surface area (Å²) in [6.07, 6.45) is 0.829. The van der Waals surface area contributed by atoms with E-state index in [1.165, 1.54) is 18.2 Å². The molecule has 0 saturated carbocycles. The van der Waals surface area contributed by atoms with Gasteiger partial charge >= 0.3 is 5.97 Å². The molecule has 1 aromatic rings. The molecule has 4 heteroatoms. The van der Waals surface area contributed by atoms with Gasteiger partial charge in [0.15, 0.2) is 11.5 Å². The molecule has 0 aromatic heterocycles. The Morgan fingerprint density at radius 1 is 1.47 bits per heavy atom. The number of ether oxygens (including phenoxy) is 2. The third kappa shape index (κ3) is 3.83. The Morgan fingerprint density at radius 2 is 2.18 bits per heavy atom. The highest BCUT2D eigenvalue weighted by Gasteiger charge is 2.09. The summed E-state index contributed by atoms with van der Waals surface area (Å²) in [6, 6.07) is 4.40. The first-order valence-electron chi connectivity index (χ1n) is 5.38. The molecule has 0 aliphatic rings. The molecule has 0 atom stereocenters. The summed E-state index contributed by atoms with van der Waals surface area (Å²) >= 11 is 0. The van der Waals surface area contributed by atoms with Crippen LogP contribution < -0.4 is 9.47 Å². The first kappa shape index (κ1) is 13.1. The van der Waals surface area contributed by atoms with Gasteiger partial charge in [-0.15, -0.1) is 0 Å². The number of aromatic hydroxyl groups is 1. The van der Waals surface area contributed by atoms with Crippen molar-refractivity contribution >= 4 is 5.97 Å². The van der Waals surface area contributed by atoms with Gasteiger partial charge in [0.2, 0.25) is 0 Å². The van der Waals surface area contributed by atoms with Crippen LogP contribution in [0, 0.1) is 0 Å². The molecular formula is C13H16O4. The van der Waals surface area contributed by atoms with Crippen LogP contribution in [-0.2, 0) is 4.79 Å². The van der Waals surface area contributed by atoms with Crippen molar-refractivity contribution in [2.75, 3.05) is 6.61 Å². The van der Waals surface area contributed by atoms with Gasteiger partial charge in [0, 0.05) is 11.6 Å². The molecule has 0 heterocycles. The normalized spacial score (nSPS) is 9.76. The van der Waals surface area contributed by atoms with E-state index in [2.05, 4.69) is 6.58 Å². The number of esters is 1. The number of benzene rings is 1. The Morgan fingerprint density at radius 3 is 2.76 bits per heavy atom. The van der Waals surface area contributed by atoms with E-state index in [4.69, 9.17) is 9.47 Å². The third-order valence-electron chi connectivity index (χ3n) is 1.95. The molecular weight excluding hydrogens is 220 g/mol. The molecule has 4 nitrogen and oxygen atoms in total. The number of hydrogen-bond donors (Lipinski definition) is 1. The molecule has 1 N–H and O–H groups in total. The highest BCUT2D eigenvalue weighted by Crippen LogP contribution is 2.30. The summed E-state index contributed by atoms with van der Waals surface area (Å²) in [5, 5.41) is 9.52. The fourth-order valence-corrected chi connectivity index (χ4v) is 1.08. The average Bonchev–Trinajstić information content (AvgIpc) is 2.29. The van der Waals surface area contributed by atoms with Gasteiger partial charge in [-0.1, -0.05) is 13.5 Å². The zero-order chi connectivity index (χ0) is 12.8. The van der Waals surface area contributed by atoms with Crippen LogP contribution >= 0.6 is 0 Å². The molecule has 17 heavy (non-hydrogen) atoms. The Hall–Kier alpha value is -1.97. The number of phenols is 1. The van der Waals surface area contributed by atoms with Crippen LogP contribution in [0.2, 0.25) is 0 Å². The van der Waals surface area contributed by atoms with Crippen LogP contribution in [0.25, 0.3) is 0 Å². The number of carbonyl (C=O) groups is 1. The van der Waals surface area contributed by atoms with E-state index in [9.17, 15) is 9.90 Å². The molecule has 0 saturated heterocycles. The lowest BCUT2D eigenvalue weighted by atomic mass is 10.3. The fraction of sp³-hybridized carbons (Fsp3) is 0.308. The summed E-state index contributed by atoms with van der Waals surface area (Å²) in [5.41, 5.74) is 0.314. The van der Waals surface area contributed by atoms with Gasteiger partial charge in [0.05, 0.1) is 6.61 Å². The van der Waals surface area contributed by atoms with E-state index in [1.807, 2.05) is 6.92 Å². The second-order valence-corrected chi connectivity index (χ2v) is 3.65. The van der Waals surface area contributed by atoms with Gasteiger partial charge < -0.3 is 14.6 Å². The number of rotatable bonds is 5. The van der Waals surface area contributed by atoms with Crippen molar-refractivity contribution in [1.82, 2.24) is 0 Å². The van der Waals surface area contributed by atoms with Crippen LogP contribution in [0.3, 0.4) is 0 Å². The zero-order valence-electron chi connectivity index (χ0n) is 10.0. The van der Waals surface area contributed by atoms with Crippen LogP contribution in [-0.4, -0.2) is 17.7 Å². The summed E-state index contributed by atoms with van der Waals surface area (Å²) in [5.74, 6) is 0.145. The van der Waals surface area contributed by atoms with Crippen molar-refractivity contribution in [3.05, 3.63) is 30.4 Å². The van der Waals surface area contributed by atoms with Crippen molar-refractivity contribution in [1.29, 1.82) is 0 Å². The molecule has 0 radical (unpaired) electrons. The van der Waals surface area contributed by atoms with Crippen molar-refractivity contribution in [3.63, 3.8) is 0 Å². The summed E-state index contributed by atoms with van der Waals surface area (Å²) in [4.78, 5) is 11.3. The highest BCUT2D eigenvalue weighted by atomic mass is 16.5. The lowest BCUT2D eigenvalue weighted by molar-refractivity contribution is -0.130. The number of phenolic OH excluding ortho intramolecular Hbond substituents is 1. The predicted molar refractivity (Wildman–Crippen MR) is 64.3 cm³/mol. The molecule has 0 bridgehead atoms. The van der Waals surface area contributed by atoms with Gasteiger partial charge in [-0.3, -0.25) is 0 Å². The first-order valence-corrected chi connectivity index (χ1v) is 5.38. The topological polar surface area (TPSA) is 55.8 Å². The van der Waals surface area contributed by atoms with E-state index in [-0.39, 0.29) is 5.75 Å². The fourth-order valence-electron chi connectivity index (χ4n) is 1.08. The number of carbonyl (C=O) groups excluding carboxylic acids is 1. The maximum Gasteiger partial charge on any atom is 0.338 e. The molecule has 0 amide bonds. The predicted octanol–water partition coefficient (Wildman–Crippen LogP) is 2.66. The van der Waals surface area contributed by atoms with Crippen LogP contribution in [0.15, 0.2) is 30.4 Å². The van der Waals surface area contributed by atoms with Crippen molar-refractivity contribution < 1.29 is 19.4 Å². The van der Waals surface area contributed by atoms with Gasteiger partial charge in [-0.05, 0) is 25.5 Å². The second kappa shape index (κ2) is 5.94. The SMILES string of the molecule is C=C(C)C(=O)Oc1ccc(O)c(OCCC)c1. The third-order valence-corrected chi connectivity index (χ3v) is 1.95. The van der Waals surface area contributed by atoms with E-state index in [0.29, 0.717) is 23.7 Å². The minimum absolute atomic E-state index is 0.0218. The molecule has 1 aromatic carbocycles. The Kier molecular flexibility index (Phi) is 4.57. The maximum absolute atomic E-state index is 11.3. The summed E-state index contributed by atoms with van der Waals surface area (Å²) in [6.45, 7) is 7.50. The average molecular weight is 236 g/mol. The molecule has 1 rings (SSSR count). The van der Waals surface area contributed by atoms with E-state index >= 15 is 0 Å². The van der Waals surface area contributed by atoms with Crippen molar-refractivity contribution in [3.8, 4) is 17.2 Å². The largest absolute Gasteiger partial charge is 0.504 e. The van der Waals surface area contributed by atoms with E-state index in [1.54, 1.807) is 6.92 Å². The van der Waals surface area contributed by atoms with Crippen molar-refractivity contribution in [2.24, 2.45) is 0 Å². The minimum atomic E-state index is -0.503. The molecule has 0 fully saturated rings. The zero-order valence-corrected chi connectivity index (χ0v) is 10.0. The Balaban J connectivity index is 2.81. The number of hydrogen-bond acceptors (Lipinski definition) is 4. The van der Waals surface area contributed by atoms with Gasteiger partial charge in [0.1, 0.15) is 5.75 Å². The molecule has 0 unspecified atom stereocenters. The molecule has 0 aliphatic carbocycles. The van der Waals surface area contributed by atoms with Gasteiger partial charge in [0.25, 0.3) is 0 Å². The van der Waals surface area contributed by atoms with E-state index < -0.39 is 5.97 Å². The summed E-state index contributed by atoms with van der Waals surface area (Å²) < 4.78 is 10.3. The van der Waals surface area contributed by atoms with Crippen LogP contribution in [0.1, 0.15) is 20.3 Å².